The minimum absolute atomic E-state index is 0.0160. The molecule has 0 saturated carbocycles. The fraction of sp³-hybridized carbons (Fsp3) is 0.579. The molecule has 6 heteroatoms. The summed E-state index contributed by atoms with van der Waals surface area (Å²) in [5.74, 6) is 1.01. The van der Waals surface area contributed by atoms with Gasteiger partial charge in [-0.05, 0) is 38.3 Å². The number of nitrogens with zero attached hydrogens (tertiary/aromatic N) is 1. The topological polar surface area (TPSA) is 70.7 Å². The van der Waals surface area contributed by atoms with Gasteiger partial charge in [-0.15, -0.1) is 0 Å². The lowest BCUT2D eigenvalue weighted by Crippen LogP contribution is -2.48. The van der Waals surface area contributed by atoms with Gasteiger partial charge in [-0.3, -0.25) is 4.79 Å². The number of ether oxygens (including phenoxy) is 1. The van der Waals surface area contributed by atoms with Crippen LogP contribution in [-0.4, -0.2) is 48.6 Å². The first-order valence-corrected chi connectivity index (χ1v) is 8.94. The van der Waals surface area contributed by atoms with Crippen LogP contribution in [0.1, 0.15) is 37.8 Å². The van der Waals surface area contributed by atoms with Crippen molar-refractivity contribution in [2.75, 3.05) is 19.7 Å². The maximum absolute atomic E-state index is 12.1. The summed E-state index contributed by atoms with van der Waals surface area (Å²) in [5.41, 5.74) is 2.17. The lowest BCUT2D eigenvalue weighted by molar-refractivity contribution is -0.129. The van der Waals surface area contributed by atoms with E-state index in [-0.39, 0.29) is 24.0 Å². The zero-order valence-corrected chi connectivity index (χ0v) is 15.6. The average Bonchev–Trinajstić information content (AvgIpc) is 3.01. The van der Waals surface area contributed by atoms with Crippen LogP contribution < -0.4 is 15.4 Å². The van der Waals surface area contributed by atoms with Gasteiger partial charge in [0.15, 0.2) is 0 Å². The van der Waals surface area contributed by atoms with Crippen LogP contribution in [0, 0.1) is 13.8 Å². The Labute approximate surface area is 149 Å². The molecule has 0 bridgehead atoms. The third-order valence-electron chi connectivity index (χ3n) is 4.44. The van der Waals surface area contributed by atoms with E-state index in [1.165, 1.54) is 0 Å². The molecule has 2 rings (SSSR count). The number of hydrogen-bond donors (Lipinski definition) is 2. The van der Waals surface area contributed by atoms with E-state index in [1.807, 2.05) is 45.9 Å². The van der Waals surface area contributed by atoms with Crippen LogP contribution >= 0.6 is 0 Å². The molecular weight excluding hydrogens is 318 g/mol. The number of carbonyl (C=O) groups is 2. The molecule has 0 radical (unpaired) electrons. The number of rotatable bonds is 6. The summed E-state index contributed by atoms with van der Waals surface area (Å²) in [7, 11) is 0. The number of amides is 3. The van der Waals surface area contributed by atoms with Crippen LogP contribution in [-0.2, 0) is 4.79 Å². The summed E-state index contributed by atoms with van der Waals surface area (Å²) >= 11 is 0. The fourth-order valence-electron chi connectivity index (χ4n) is 3.06. The van der Waals surface area contributed by atoms with Crippen LogP contribution in [0.5, 0.6) is 5.75 Å². The first-order valence-electron chi connectivity index (χ1n) is 8.94. The van der Waals surface area contributed by atoms with Crippen molar-refractivity contribution in [1.82, 2.24) is 15.5 Å². The Morgan fingerprint density at radius 2 is 2.00 bits per heavy atom. The van der Waals surface area contributed by atoms with Gasteiger partial charge in [-0.25, -0.2) is 4.79 Å². The van der Waals surface area contributed by atoms with E-state index in [2.05, 4.69) is 10.6 Å². The van der Waals surface area contributed by atoms with E-state index in [4.69, 9.17) is 4.74 Å². The van der Waals surface area contributed by atoms with Gasteiger partial charge in [0.1, 0.15) is 12.4 Å². The minimum atomic E-state index is -0.214. The van der Waals surface area contributed by atoms with Crippen molar-refractivity contribution in [3.05, 3.63) is 29.3 Å². The van der Waals surface area contributed by atoms with Crippen molar-refractivity contribution < 1.29 is 14.3 Å². The second kappa shape index (κ2) is 8.74. The van der Waals surface area contributed by atoms with Gasteiger partial charge < -0.3 is 20.3 Å². The monoisotopic (exact) mass is 347 g/mol. The third kappa shape index (κ3) is 5.37. The molecule has 1 aromatic rings. The number of carbonyl (C=O) groups excluding carboxylic acids is 2. The zero-order valence-electron chi connectivity index (χ0n) is 15.6. The van der Waals surface area contributed by atoms with Crippen molar-refractivity contribution >= 4 is 11.9 Å². The van der Waals surface area contributed by atoms with Gasteiger partial charge in [0.25, 0.3) is 0 Å². The molecule has 6 nitrogen and oxygen atoms in total. The van der Waals surface area contributed by atoms with E-state index < -0.39 is 0 Å². The number of aryl methyl sites for hydroxylation is 2. The highest BCUT2D eigenvalue weighted by Gasteiger charge is 2.26. The molecule has 1 heterocycles. The largest absolute Gasteiger partial charge is 0.491 e. The van der Waals surface area contributed by atoms with E-state index in [0.717, 1.165) is 23.3 Å². The highest BCUT2D eigenvalue weighted by molar-refractivity contribution is 5.77. The smallest absolute Gasteiger partial charge is 0.315 e. The van der Waals surface area contributed by atoms with Crippen molar-refractivity contribution in [3.8, 4) is 5.75 Å². The van der Waals surface area contributed by atoms with Crippen LogP contribution in [0.3, 0.4) is 0 Å². The van der Waals surface area contributed by atoms with Crippen LogP contribution in [0.2, 0.25) is 0 Å². The summed E-state index contributed by atoms with van der Waals surface area (Å²) in [6.07, 6.45) is 1.30. The first-order chi connectivity index (χ1) is 11.9. The van der Waals surface area contributed by atoms with Crippen molar-refractivity contribution in [3.63, 3.8) is 0 Å². The van der Waals surface area contributed by atoms with Crippen molar-refractivity contribution in [2.24, 2.45) is 0 Å². The van der Waals surface area contributed by atoms with Crippen molar-refractivity contribution in [1.29, 1.82) is 0 Å². The first kappa shape index (κ1) is 19.1. The Kier molecular flexibility index (Phi) is 6.67. The molecule has 1 fully saturated rings. The zero-order chi connectivity index (χ0) is 18.4. The number of hydrogen-bond acceptors (Lipinski definition) is 3. The normalized spacial score (nSPS) is 17.9. The SMILES string of the molecule is CCC(=O)N1CC[C@@H](NC(=O)N[C@@H](C)COc2c(C)cccc2C)C1. The molecule has 0 aliphatic carbocycles. The Bertz CT molecular complexity index is 598. The van der Waals surface area contributed by atoms with E-state index in [9.17, 15) is 9.59 Å². The third-order valence-corrected chi connectivity index (χ3v) is 4.44. The van der Waals surface area contributed by atoms with Crippen LogP contribution in [0.25, 0.3) is 0 Å². The molecule has 0 spiro atoms. The molecule has 1 aromatic carbocycles. The summed E-state index contributed by atoms with van der Waals surface area (Å²) in [6, 6.07) is 5.71. The molecule has 25 heavy (non-hydrogen) atoms. The number of likely N-dealkylation sites (tertiary alicyclic amines) is 1. The second-order valence-corrected chi connectivity index (χ2v) is 6.73. The predicted molar refractivity (Wildman–Crippen MR) is 97.8 cm³/mol. The number of benzene rings is 1. The Morgan fingerprint density at radius 1 is 1.32 bits per heavy atom. The van der Waals surface area contributed by atoms with Gasteiger partial charge in [0.2, 0.25) is 5.91 Å². The molecule has 1 aliphatic heterocycles. The van der Waals surface area contributed by atoms with E-state index in [1.54, 1.807) is 4.90 Å². The second-order valence-electron chi connectivity index (χ2n) is 6.73. The van der Waals surface area contributed by atoms with Crippen molar-refractivity contribution in [2.45, 2.75) is 52.6 Å². The number of nitrogens with one attached hydrogen (secondary N) is 2. The minimum Gasteiger partial charge on any atom is -0.491 e. The maximum atomic E-state index is 12.1. The molecule has 0 unspecified atom stereocenters. The molecule has 0 aromatic heterocycles. The lowest BCUT2D eigenvalue weighted by Gasteiger charge is -2.20. The van der Waals surface area contributed by atoms with Crippen LogP contribution in [0.15, 0.2) is 18.2 Å². The van der Waals surface area contributed by atoms with Gasteiger partial charge in [-0.1, -0.05) is 25.1 Å². The summed E-state index contributed by atoms with van der Waals surface area (Å²) in [4.78, 5) is 25.6. The standard InChI is InChI=1S/C19H29N3O3/c1-5-17(23)22-10-9-16(11-22)21-19(24)20-15(4)12-25-18-13(2)7-6-8-14(18)3/h6-8,15-16H,5,9-12H2,1-4H3,(H2,20,21,24)/t15-,16+/m0/s1. The fourth-order valence-corrected chi connectivity index (χ4v) is 3.06. The predicted octanol–water partition coefficient (Wildman–Crippen LogP) is 2.38. The van der Waals surface area contributed by atoms with E-state index >= 15 is 0 Å². The Hall–Kier alpha value is -2.24. The van der Waals surface area contributed by atoms with Gasteiger partial charge in [0.05, 0.1) is 6.04 Å². The Morgan fingerprint density at radius 3 is 2.64 bits per heavy atom. The average molecular weight is 347 g/mol. The molecule has 1 saturated heterocycles. The summed E-state index contributed by atoms with van der Waals surface area (Å²) in [5, 5.41) is 5.84. The molecule has 138 valence electrons. The number of urea groups is 1. The molecule has 2 atom stereocenters. The number of para-hydroxylation sites is 1. The van der Waals surface area contributed by atoms with Crippen LogP contribution in [0.4, 0.5) is 4.79 Å². The molecule has 1 aliphatic rings. The maximum Gasteiger partial charge on any atom is 0.315 e. The quantitative estimate of drug-likeness (QED) is 0.830. The lowest BCUT2D eigenvalue weighted by atomic mass is 10.1. The molecular formula is C19H29N3O3. The van der Waals surface area contributed by atoms with Gasteiger partial charge >= 0.3 is 6.03 Å². The highest BCUT2D eigenvalue weighted by atomic mass is 16.5. The van der Waals surface area contributed by atoms with Gasteiger partial charge in [0, 0.05) is 25.6 Å². The highest BCUT2D eigenvalue weighted by Crippen LogP contribution is 2.22. The summed E-state index contributed by atoms with van der Waals surface area (Å²) < 4.78 is 5.87. The van der Waals surface area contributed by atoms with Gasteiger partial charge in [-0.2, -0.15) is 0 Å². The Balaban J connectivity index is 1.74. The summed E-state index contributed by atoms with van der Waals surface area (Å²) in [6.45, 7) is 9.50. The molecule has 3 amide bonds. The molecule has 2 N–H and O–H groups in total. The van der Waals surface area contributed by atoms with E-state index in [0.29, 0.717) is 26.1 Å².